The van der Waals surface area contributed by atoms with Crippen LogP contribution in [0.25, 0.3) is 11.0 Å². The van der Waals surface area contributed by atoms with Gasteiger partial charge in [0.15, 0.2) is 11.6 Å². The number of allylic oxidation sites excluding steroid dienone is 1. The predicted octanol–water partition coefficient (Wildman–Crippen LogP) is 4.92. The van der Waals surface area contributed by atoms with E-state index in [0.29, 0.717) is 38.5 Å². The number of ether oxygens (including phenoxy) is 3. The molecule has 7 atom stereocenters. The Kier molecular flexibility index (Phi) is 12.2. The quantitative estimate of drug-likeness (QED) is 0.241. The minimum atomic E-state index is -5.13. The van der Waals surface area contributed by atoms with Crippen LogP contribution in [0, 0.1) is 23.6 Å². The van der Waals surface area contributed by atoms with Crippen LogP contribution in [0.4, 0.5) is 22.4 Å². The van der Waals surface area contributed by atoms with E-state index in [0.717, 1.165) is 24.1 Å². The lowest BCUT2D eigenvalue weighted by Crippen LogP contribution is -2.59. The molecule has 1 saturated heterocycles. The third-order valence-electron chi connectivity index (χ3n) is 11.1. The average molecular weight is 855 g/mol. The molecule has 2 saturated carbocycles. The maximum Gasteiger partial charge on any atom is 0.438 e. The minimum absolute atomic E-state index is 0.0194. The van der Waals surface area contributed by atoms with Crippen LogP contribution in [-0.2, 0) is 35.3 Å². The van der Waals surface area contributed by atoms with E-state index in [2.05, 4.69) is 25.3 Å². The second-order valence-electron chi connectivity index (χ2n) is 16.9. The molecule has 2 aromatic rings. The van der Waals surface area contributed by atoms with E-state index in [4.69, 9.17) is 14.2 Å². The number of sulfonamides is 1. The molecule has 15 nitrogen and oxygen atoms in total. The average Bonchev–Trinajstić information content (AvgIpc) is 4.06. The first-order chi connectivity index (χ1) is 27.5. The van der Waals surface area contributed by atoms with Crippen molar-refractivity contribution in [2.45, 2.75) is 127 Å². The van der Waals surface area contributed by atoms with E-state index in [-0.39, 0.29) is 23.6 Å². The van der Waals surface area contributed by atoms with Crippen LogP contribution in [0.15, 0.2) is 24.3 Å². The molecular formula is C39H50F4N6O9S. The highest BCUT2D eigenvalue weighted by atomic mass is 32.2. The van der Waals surface area contributed by atoms with Crippen molar-refractivity contribution in [1.29, 1.82) is 0 Å². The number of hydrogen-bond donors (Lipinski definition) is 3. The first-order valence-electron chi connectivity index (χ1n) is 19.7. The number of hydrogen-bond acceptors (Lipinski definition) is 11. The highest BCUT2D eigenvalue weighted by Crippen LogP contribution is 2.46. The summed E-state index contributed by atoms with van der Waals surface area (Å²) < 4.78 is 102. The van der Waals surface area contributed by atoms with Gasteiger partial charge in [0.05, 0.1) is 29.9 Å². The van der Waals surface area contributed by atoms with Crippen LogP contribution in [0.5, 0.6) is 11.6 Å². The molecule has 324 valence electrons. The number of carbonyl (C=O) groups is 4. The first-order valence-corrected chi connectivity index (χ1v) is 21.2. The number of carbonyl (C=O) groups excluding carboxylic acids is 4. The molecule has 3 fully saturated rings. The zero-order chi connectivity index (χ0) is 43.2. The molecule has 3 heterocycles. The summed E-state index contributed by atoms with van der Waals surface area (Å²) in [5.74, 6) is -5.96. The summed E-state index contributed by atoms with van der Waals surface area (Å²) in [5.41, 5.74) is -4.88. The molecule has 4 aliphatic rings. The second-order valence-corrected chi connectivity index (χ2v) is 18.9. The summed E-state index contributed by atoms with van der Waals surface area (Å²) in [4.78, 5) is 65.1. The van der Waals surface area contributed by atoms with Crippen molar-refractivity contribution in [3.8, 4) is 11.6 Å². The molecule has 4 amide bonds. The summed E-state index contributed by atoms with van der Waals surface area (Å²) in [7, 11) is -2.87. The van der Waals surface area contributed by atoms with Crippen LogP contribution >= 0.6 is 0 Å². The van der Waals surface area contributed by atoms with Crippen LogP contribution in [0.1, 0.15) is 91.7 Å². The van der Waals surface area contributed by atoms with Gasteiger partial charge in [0.25, 0.3) is 5.91 Å². The predicted molar refractivity (Wildman–Crippen MR) is 204 cm³/mol. The standard InChI is InChI=1S/C39H50F4N6O9S/c1-7-21-14-20(2)10-8-9-11-22-18-38(22,35(52)48-59(54,55)24-12-13-24)47-32(50)28-15-23(19-49(28)34(51)30(21)46-36(53)58-37(3,4)5)57-33-31(39(41,42)43)44-26-16-25(40)29(56-6)17-27(26)45-33/h9,11,16-17,20-24,28,30H,7-8,10,12-15,18-19H2,1-6H3,(H,46,53)(H,47,50)(H,48,52)/b11-9-/t20-,21-,22?,23-,28+,30+,38-/m1/s1. The third kappa shape index (κ3) is 9.84. The molecule has 20 heteroatoms. The Hall–Kier alpha value is -4.75. The third-order valence-corrected chi connectivity index (χ3v) is 12.9. The number of rotatable bonds is 8. The van der Waals surface area contributed by atoms with Crippen molar-refractivity contribution < 1.29 is 59.4 Å². The molecule has 2 aliphatic carbocycles. The van der Waals surface area contributed by atoms with Crippen LogP contribution < -0.4 is 24.8 Å². The molecule has 3 N–H and O–H groups in total. The van der Waals surface area contributed by atoms with E-state index < -0.39 is 122 Å². The van der Waals surface area contributed by atoms with Gasteiger partial charge >= 0.3 is 12.3 Å². The fourth-order valence-corrected chi connectivity index (χ4v) is 9.14. The van der Waals surface area contributed by atoms with Crippen LogP contribution in [-0.4, -0.2) is 95.3 Å². The van der Waals surface area contributed by atoms with Gasteiger partial charge in [0.2, 0.25) is 33.4 Å². The Morgan fingerprint density at radius 1 is 1.07 bits per heavy atom. The molecule has 1 aromatic heterocycles. The number of benzene rings is 1. The largest absolute Gasteiger partial charge is 0.494 e. The van der Waals surface area contributed by atoms with Gasteiger partial charge in [0.1, 0.15) is 29.3 Å². The minimum Gasteiger partial charge on any atom is -0.494 e. The molecule has 0 radical (unpaired) electrons. The molecule has 59 heavy (non-hydrogen) atoms. The maximum atomic E-state index is 14.9. The molecule has 1 unspecified atom stereocenters. The summed E-state index contributed by atoms with van der Waals surface area (Å²) in [6.07, 6.45) is -1.27. The van der Waals surface area contributed by atoms with Crippen molar-refractivity contribution in [3.63, 3.8) is 0 Å². The highest BCUT2D eigenvalue weighted by molar-refractivity contribution is 7.91. The van der Waals surface area contributed by atoms with E-state index in [1.54, 1.807) is 26.8 Å². The van der Waals surface area contributed by atoms with E-state index in [1.807, 2.05) is 19.9 Å². The molecule has 2 aliphatic heterocycles. The van der Waals surface area contributed by atoms with E-state index in [9.17, 15) is 45.2 Å². The van der Waals surface area contributed by atoms with Crippen molar-refractivity contribution in [3.05, 3.63) is 35.8 Å². The number of alkyl carbamates (subject to hydrolysis) is 1. The second kappa shape index (κ2) is 16.4. The lowest BCUT2D eigenvalue weighted by atomic mass is 9.85. The Morgan fingerprint density at radius 2 is 1.76 bits per heavy atom. The molecular weight excluding hydrogens is 805 g/mol. The van der Waals surface area contributed by atoms with Gasteiger partial charge in [-0.15, -0.1) is 0 Å². The lowest BCUT2D eigenvalue weighted by Gasteiger charge is -2.34. The van der Waals surface area contributed by atoms with Gasteiger partial charge in [0, 0.05) is 24.5 Å². The number of methoxy groups -OCH3 is 1. The number of nitrogens with one attached hydrogen (secondary N) is 3. The normalized spacial score (nSPS) is 28.6. The van der Waals surface area contributed by atoms with E-state index >= 15 is 0 Å². The van der Waals surface area contributed by atoms with Gasteiger partial charge in [-0.25, -0.2) is 27.6 Å². The van der Waals surface area contributed by atoms with Gasteiger partial charge in [-0.2, -0.15) is 13.2 Å². The molecule has 6 rings (SSSR count). The monoisotopic (exact) mass is 854 g/mol. The summed E-state index contributed by atoms with van der Waals surface area (Å²) in [6.45, 7) is 8.28. The van der Waals surface area contributed by atoms with Crippen LogP contribution in [0.3, 0.4) is 0 Å². The van der Waals surface area contributed by atoms with Gasteiger partial charge in [-0.05, 0) is 71.1 Å². The fraction of sp³-hybridized carbons (Fsp3) is 0.641. The van der Waals surface area contributed by atoms with Crippen molar-refractivity contribution >= 4 is 44.9 Å². The number of amides is 4. The van der Waals surface area contributed by atoms with Gasteiger partial charge in [-0.1, -0.05) is 32.4 Å². The molecule has 1 aromatic carbocycles. The fourth-order valence-electron chi connectivity index (χ4n) is 7.77. The summed E-state index contributed by atoms with van der Waals surface area (Å²) >= 11 is 0. The number of alkyl halides is 3. The Morgan fingerprint density at radius 3 is 2.39 bits per heavy atom. The Bertz CT molecular complexity index is 2130. The zero-order valence-electron chi connectivity index (χ0n) is 33.7. The number of nitrogens with zero attached hydrogens (tertiary/aromatic N) is 3. The highest BCUT2D eigenvalue weighted by Gasteiger charge is 2.62. The van der Waals surface area contributed by atoms with E-state index in [1.165, 1.54) is 0 Å². The zero-order valence-corrected chi connectivity index (χ0v) is 34.5. The SMILES string of the molecule is CC[C@@H]1C[C@H](C)CC/C=C\C2C[C@@]2(C(=O)NS(=O)(=O)C2CC2)NC(=O)[C@@H]2C[C@@H](Oc3nc4cc(OC)c(F)cc4nc3C(F)(F)F)CN2C(=O)[C@H]1NC(=O)OC(C)(C)C. The van der Waals surface area contributed by atoms with Gasteiger partial charge in [-0.3, -0.25) is 19.1 Å². The van der Waals surface area contributed by atoms with Crippen molar-refractivity contribution in [2.75, 3.05) is 13.7 Å². The molecule has 0 spiro atoms. The Labute approximate surface area is 339 Å². The smallest absolute Gasteiger partial charge is 0.438 e. The van der Waals surface area contributed by atoms with Gasteiger partial charge < -0.3 is 29.7 Å². The Balaban J connectivity index is 1.40. The number of fused-ring (bicyclic) bond motifs is 3. The van der Waals surface area contributed by atoms with Crippen molar-refractivity contribution in [2.24, 2.45) is 17.8 Å². The maximum absolute atomic E-state index is 14.9. The number of aromatic nitrogens is 2. The number of halogens is 4. The first kappa shape index (κ1) is 43.8. The summed E-state index contributed by atoms with van der Waals surface area (Å²) in [6, 6.07) is -0.966. The molecule has 0 bridgehead atoms. The lowest BCUT2D eigenvalue weighted by molar-refractivity contribution is -0.143. The van der Waals surface area contributed by atoms with Crippen LogP contribution in [0.2, 0.25) is 0 Å². The van der Waals surface area contributed by atoms with Crippen molar-refractivity contribution in [1.82, 2.24) is 30.2 Å². The topological polar surface area (TPSA) is 195 Å². The summed E-state index contributed by atoms with van der Waals surface area (Å²) in [5, 5.41) is 4.67.